The van der Waals surface area contributed by atoms with Crippen LogP contribution in [0.15, 0.2) is 12.7 Å². The first-order valence-corrected chi connectivity index (χ1v) is 11.5. The maximum atomic E-state index is 6.43. The van der Waals surface area contributed by atoms with Crippen LogP contribution in [0.2, 0.25) is 0 Å². The molecule has 0 bridgehead atoms. The van der Waals surface area contributed by atoms with Gasteiger partial charge in [-0.1, -0.05) is 51.5 Å². The highest BCUT2D eigenvalue weighted by molar-refractivity contribution is 4.88. The fourth-order valence-corrected chi connectivity index (χ4v) is 5.92. The number of hydrogen-bond donors (Lipinski definition) is 0. The first kappa shape index (κ1) is 19.5. The van der Waals surface area contributed by atoms with Gasteiger partial charge in [0.25, 0.3) is 0 Å². The van der Waals surface area contributed by atoms with Crippen molar-refractivity contribution in [3.8, 4) is 0 Å². The zero-order valence-corrected chi connectivity index (χ0v) is 16.8. The molecule has 1 heterocycles. The monoisotopic (exact) mass is 346 g/mol. The van der Waals surface area contributed by atoms with Crippen LogP contribution in [0, 0.1) is 29.6 Å². The molecule has 3 aliphatic rings. The van der Waals surface area contributed by atoms with E-state index < -0.39 is 0 Å². The number of ether oxygens (including phenoxy) is 1. The highest BCUT2D eigenvalue weighted by Gasteiger charge is 2.34. The normalized spacial score (nSPS) is 39.9. The van der Waals surface area contributed by atoms with Crippen molar-refractivity contribution in [2.75, 3.05) is 6.61 Å². The van der Waals surface area contributed by atoms with E-state index in [1.54, 1.807) is 0 Å². The van der Waals surface area contributed by atoms with Gasteiger partial charge in [-0.25, -0.2) is 0 Å². The van der Waals surface area contributed by atoms with Gasteiger partial charge in [-0.05, 0) is 81.0 Å². The van der Waals surface area contributed by atoms with Gasteiger partial charge in [0.05, 0.1) is 12.7 Å². The summed E-state index contributed by atoms with van der Waals surface area (Å²) in [5, 5.41) is 0. The second-order valence-corrected chi connectivity index (χ2v) is 9.40. The van der Waals surface area contributed by atoms with Gasteiger partial charge in [-0.3, -0.25) is 0 Å². The molecule has 0 radical (unpaired) electrons. The van der Waals surface area contributed by atoms with E-state index in [0.717, 1.165) is 36.2 Å². The molecule has 2 unspecified atom stereocenters. The molecule has 144 valence electrons. The molecule has 0 N–H and O–H groups in total. The summed E-state index contributed by atoms with van der Waals surface area (Å²) in [6, 6.07) is 0. The molecular weight excluding hydrogens is 304 g/mol. The molecule has 1 nitrogen and oxygen atoms in total. The van der Waals surface area contributed by atoms with Crippen molar-refractivity contribution < 1.29 is 4.74 Å². The first-order chi connectivity index (χ1) is 12.3. The Kier molecular flexibility index (Phi) is 7.90. The third-order valence-corrected chi connectivity index (χ3v) is 7.80. The van der Waals surface area contributed by atoms with E-state index in [4.69, 9.17) is 4.74 Å². The standard InChI is InChI=1S/C24H42O/c1-3-5-6-7-20-10-12-21(13-11-20)23-16-17-24(25-18-23)22-14-8-19(4-2)9-15-22/h4,19-24H,2-3,5-18H2,1H3. The quantitative estimate of drug-likeness (QED) is 0.351. The molecule has 2 atom stereocenters. The summed E-state index contributed by atoms with van der Waals surface area (Å²) in [6.07, 6.45) is 22.7. The highest BCUT2D eigenvalue weighted by atomic mass is 16.5. The lowest BCUT2D eigenvalue weighted by Crippen LogP contribution is -2.37. The van der Waals surface area contributed by atoms with Crippen molar-refractivity contribution in [2.24, 2.45) is 29.6 Å². The number of allylic oxidation sites excluding steroid dienone is 1. The Morgan fingerprint density at radius 2 is 1.48 bits per heavy atom. The summed E-state index contributed by atoms with van der Waals surface area (Å²) in [4.78, 5) is 0. The minimum atomic E-state index is 0.576. The zero-order chi connectivity index (χ0) is 17.5. The molecule has 0 spiro atoms. The van der Waals surface area contributed by atoms with Gasteiger partial charge in [0.15, 0.2) is 0 Å². The number of unbranched alkanes of at least 4 members (excludes halogenated alkanes) is 2. The summed E-state index contributed by atoms with van der Waals surface area (Å²) < 4.78 is 6.43. The smallest absolute Gasteiger partial charge is 0.0603 e. The van der Waals surface area contributed by atoms with E-state index in [9.17, 15) is 0 Å². The highest BCUT2D eigenvalue weighted by Crippen LogP contribution is 2.41. The van der Waals surface area contributed by atoms with Crippen LogP contribution >= 0.6 is 0 Å². The Balaban J connectivity index is 1.34. The molecule has 0 amide bonds. The van der Waals surface area contributed by atoms with Crippen molar-refractivity contribution >= 4 is 0 Å². The largest absolute Gasteiger partial charge is 0.378 e. The summed E-state index contributed by atoms with van der Waals surface area (Å²) in [6.45, 7) is 7.36. The maximum absolute atomic E-state index is 6.43. The van der Waals surface area contributed by atoms with Gasteiger partial charge in [0.1, 0.15) is 0 Å². The molecule has 0 aromatic carbocycles. The van der Waals surface area contributed by atoms with Crippen LogP contribution in [0.25, 0.3) is 0 Å². The van der Waals surface area contributed by atoms with Crippen LogP contribution in [-0.2, 0) is 4.74 Å². The molecule has 3 rings (SSSR count). The number of rotatable bonds is 7. The Labute approximate surface area is 157 Å². The Bertz CT molecular complexity index is 366. The molecule has 1 heteroatoms. The van der Waals surface area contributed by atoms with Crippen LogP contribution in [0.3, 0.4) is 0 Å². The third kappa shape index (κ3) is 5.59. The van der Waals surface area contributed by atoms with E-state index in [-0.39, 0.29) is 0 Å². The third-order valence-electron chi connectivity index (χ3n) is 7.80. The zero-order valence-electron chi connectivity index (χ0n) is 16.8. The van der Waals surface area contributed by atoms with Gasteiger partial charge in [-0.15, -0.1) is 6.58 Å². The fraction of sp³-hybridized carbons (Fsp3) is 0.917. The topological polar surface area (TPSA) is 9.23 Å². The molecule has 25 heavy (non-hydrogen) atoms. The lowest BCUT2D eigenvalue weighted by Gasteiger charge is -2.41. The second-order valence-electron chi connectivity index (χ2n) is 9.40. The van der Waals surface area contributed by atoms with Gasteiger partial charge in [0.2, 0.25) is 0 Å². The Hall–Kier alpha value is -0.300. The van der Waals surface area contributed by atoms with Gasteiger partial charge >= 0.3 is 0 Å². The summed E-state index contributed by atoms with van der Waals surface area (Å²) in [7, 11) is 0. The van der Waals surface area contributed by atoms with E-state index in [0.29, 0.717) is 6.10 Å². The molecular formula is C24H42O. The SMILES string of the molecule is C=CC1CCC(C2CCC(C3CCC(CCCCC)CC3)CO2)CC1. The van der Waals surface area contributed by atoms with Crippen LogP contribution in [-0.4, -0.2) is 12.7 Å². The molecule has 3 fully saturated rings. The molecule has 2 aliphatic carbocycles. The van der Waals surface area contributed by atoms with Crippen LogP contribution in [0.4, 0.5) is 0 Å². The van der Waals surface area contributed by atoms with Crippen molar-refractivity contribution in [1.29, 1.82) is 0 Å². The predicted octanol–water partition coefficient (Wildman–Crippen LogP) is 7.16. The van der Waals surface area contributed by atoms with E-state index in [1.807, 2.05) is 0 Å². The van der Waals surface area contributed by atoms with E-state index in [1.165, 1.54) is 89.9 Å². The van der Waals surface area contributed by atoms with Gasteiger partial charge in [-0.2, -0.15) is 0 Å². The van der Waals surface area contributed by atoms with Crippen molar-refractivity contribution in [1.82, 2.24) is 0 Å². The van der Waals surface area contributed by atoms with E-state index in [2.05, 4.69) is 19.6 Å². The predicted molar refractivity (Wildman–Crippen MR) is 108 cm³/mol. The average molecular weight is 347 g/mol. The van der Waals surface area contributed by atoms with Crippen LogP contribution < -0.4 is 0 Å². The minimum Gasteiger partial charge on any atom is -0.378 e. The molecule has 1 saturated heterocycles. The van der Waals surface area contributed by atoms with Crippen molar-refractivity contribution in [2.45, 2.75) is 103 Å². The van der Waals surface area contributed by atoms with Crippen LogP contribution in [0.5, 0.6) is 0 Å². The molecule has 1 aliphatic heterocycles. The molecule has 0 aromatic heterocycles. The number of hydrogen-bond acceptors (Lipinski definition) is 1. The lowest BCUT2D eigenvalue weighted by molar-refractivity contribution is -0.0730. The van der Waals surface area contributed by atoms with Crippen LogP contribution in [0.1, 0.15) is 96.8 Å². The maximum Gasteiger partial charge on any atom is 0.0603 e. The molecule has 2 saturated carbocycles. The lowest BCUT2D eigenvalue weighted by atomic mass is 9.71. The average Bonchev–Trinajstić information content (AvgIpc) is 2.69. The Morgan fingerprint density at radius 3 is 2.08 bits per heavy atom. The molecule has 0 aromatic rings. The van der Waals surface area contributed by atoms with Gasteiger partial charge < -0.3 is 4.74 Å². The summed E-state index contributed by atoms with van der Waals surface area (Å²) >= 11 is 0. The Morgan fingerprint density at radius 1 is 0.800 bits per heavy atom. The van der Waals surface area contributed by atoms with Gasteiger partial charge in [0, 0.05) is 0 Å². The fourth-order valence-electron chi connectivity index (χ4n) is 5.92. The van der Waals surface area contributed by atoms with Crippen molar-refractivity contribution in [3.05, 3.63) is 12.7 Å². The summed E-state index contributed by atoms with van der Waals surface area (Å²) in [5.74, 6) is 4.50. The van der Waals surface area contributed by atoms with E-state index >= 15 is 0 Å². The van der Waals surface area contributed by atoms with Crippen molar-refractivity contribution in [3.63, 3.8) is 0 Å². The summed E-state index contributed by atoms with van der Waals surface area (Å²) in [5.41, 5.74) is 0. The first-order valence-electron chi connectivity index (χ1n) is 11.5. The minimum absolute atomic E-state index is 0.576. The second kappa shape index (κ2) is 10.1.